The maximum Gasteiger partial charge on any atom is 0.330 e. The highest BCUT2D eigenvalue weighted by Gasteiger charge is 2.22. The summed E-state index contributed by atoms with van der Waals surface area (Å²) < 4.78 is 15.5. The van der Waals surface area contributed by atoms with Crippen LogP contribution in [0.15, 0.2) is 36.4 Å². The molecular formula is C18H20N2O6. The number of primary amides is 1. The van der Waals surface area contributed by atoms with Gasteiger partial charge in [-0.25, -0.2) is 4.79 Å². The number of nitrogens with one attached hydrogen (secondary N) is 1. The molecule has 0 radical (unpaired) electrons. The molecule has 2 aromatic carbocycles. The fourth-order valence-corrected chi connectivity index (χ4v) is 2.43. The van der Waals surface area contributed by atoms with Gasteiger partial charge in [-0.2, -0.15) is 0 Å². The number of carboxylic acid groups (broad SMARTS) is 1. The fourth-order valence-electron chi connectivity index (χ4n) is 2.43. The van der Waals surface area contributed by atoms with Gasteiger partial charge in [-0.1, -0.05) is 6.07 Å². The normalized spacial score (nSPS) is 11.3. The predicted molar refractivity (Wildman–Crippen MR) is 95.1 cm³/mol. The number of hydrogen-bond acceptors (Lipinski definition) is 6. The van der Waals surface area contributed by atoms with Crippen LogP contribution in [0, 0.1) is 0 Å². The van der Waals surface area contributed by atoms with Crippen LogP contribution in [0.1, 0.15) is 22.0 Å². The van der Waals surface area contributed by atoms with Crippen LogP contribution < -0.4 is 25.3 Å². The average molecular weight is 360 g/mol. The van der Waals surface area contributed by atoms with Crippen LogP contribution in [0.25, 0.3) is 0 Å². The van der Waals surface area contributed by atoms with Crippen LogP contribution in [0.3, 0.4) is 0 Å². The van der Waals surface area contributed by atoms with Crippen molar-refractivity contribution in [3.05, 3.63) is 47.5 Å². The summed E-state index contributed by atoms with van der Waals surface area (Å²) in [7, 11) is 4.39. The van der Waals surface area contributed by atoms with Crippen LogP contribution in [-0.2, 0) is 4.79 Å². The molecule has 0 aliphatic rings. The zero-order chi connectivity index (χ0) is 19.3. The molecule has 2 aromatic rings. The molecule has 1 atom stereocenters. The predicted octanol–water partition coefficient (Wildman–Crippen LogP) is 2.05. The Morgan fingerprint density at radius 3 is 2.23 bits per heavy atom. The van der Waals surface area contributed by atoms with E-state index >= 15 is 0 Å². The van der Waals surface area contributed by atoms with E-state index in [4.69, 9.17) is 19.9 Å². The van der Waals surface area contributed by atoms with Crippen LogP contribution >= 0.6 is 0 Å². The number of nitrogens with two attached hydrogens (primary N) is 1. The van der Waals surface area contributed by atoms with Crippen molar-refractivity contribution < 1.29 is 28.9 Å². The Labute approximate surface area is 150 Å². The number of hydrogen-bond donors (Lipinski definition) is 3. The Morgan fingerprint density at radius 1 is 1.00 bits per heavy atom. The van der Waals surface area contributed by atoms with E-state index in [0.717, 1.165) is 0 Å². The first-order valence-electron chi connectivity index (χ1n) is 7.59. The first-order valence-corrected chi connectivity index (χ1v) is 7.59. The second-order valence-corrected chi connectivity index (χ2v) is 5.34. The number of ether oxygens (including phenoxy) is 3. The highest BCUT2D eigenvalue weighted by molar-refractivity contribution is 5.94. The quantitative estimate of drug-likeness (QED) is 0.659. The summed E-state index contributed by atoms with van der Waals surface area (Å²) in [5.41, 5.74) is 6.32. The SMILES string of the molecule is COc1cc(NC(C(=O)O)c2ccc(OC)c(OC)c2)cc(C(N)=O)c1. The van der Waals surface area contributed by atoms with Crippen molar-refractivity contribution >= 4 is 17.6 Å². The molecule has 0 aliphatic carbocycles. The number of carbonyl (C=O) groups is 2. The lowest BCUT2D eigenvalue weighted by molar-refractivity contribution is -0.138. The molecule has 0 heterocycles. The number of benzene rings is 2. The number of amides is 1. The van der Waals surface area contributed by atoms with Gasteiger partial charge in [0, 0.05) is 17.3 Å². The van der Waals surface area contributed by atoms with Crippen molar-refractivity contribution in [3.63, 3.8) is 0 Å². The van der Waals surface area contributed by atoms with Crippen molar-refractivity contribution in [2.24, 2.45) is 5.73 Å². The highest BCUT2D eigenvalue weighted by atomic mass is 16.5. The third-order valence-corrected chi connectivity index (χ3v) is 3.73. The molecule has 8 heteroatoms. The summed E-state index contributed by atoms with van der Waals surface area (Å²) in [6.45, 7) is 0. The van der Waals surface area contributed by atoms with Crippen molar-refractivity contribution in [2.45, 2.75) is 6.04 Å². The summed E-state index contributed by atoms with van der Waals surface area (Å²) in [6.07, 6.45) is 0. The number of anilines is 1. The molecule has 0 bridgehead atoms. The van der Waals surface area contributed by atoms with E-state index < -0.39 is 17.9 Å². The number of carbonyl (C=O) groups excluding carboxylic acids is 1. The Morgan fingerprint density at radius 2 is 1.69 bits per heavy atom. The lowest BCUT2D eigenvalue weighted by atomic mass is 10.0. The minimum atomic E-state index is -1.11. The second-order valence-electron chi connectivity index (χ2n) is 5.34. The van der Waals surface area contributed by atoms with Gasteiger partial charge >= 0.3 is 5.97 Å². The monoisotopic (exact) mass is 360 g/mol. The van der Waals surface area contributed by atoms with Gasteiger partial charge in [0.1, 0.15) is 5.75 Å². The van der Waals surface area contributed by atoms with Gasteiger partial charge < -0.3 is 30.4 Å². The zero-order valence-electron chi connectivity index (χ0n) is 14.6. The van der Waals surface area contributed by atoms with Crippen LogP contribution in [-0.4, -0.2) is 38.3 Å². The first-order chi connectivity index (χ1) is 12.4. The van der Waals surface area contributed by atoms with E-state index in [9.17, 15) is 14.7 Å². The molecule has 0 saturated carbocycles. The maximum atomic E-state index is 11.8. The molecule has 2 rings (SSSR count). The first kappa shape index (κ1) is 18.9. The summed E-state index contributed by atoms with van der Waals surface area (Å²) in [5, 5.41) is 12.5. The molecule has 138 valence electrons. The number of aliphatic carboxylic acids is 1. The molecule has 26 heavy (non-hydrogen) atoms. The summed E-state index contributed by atoms with van der Waals surface area (Å²) in [5.74, 6) is -0.495. The standard InChI is InChI=1S/C18H20N2O6/c1-24-13-7-11(17(19)21)6-12(9-13)20-16(18(22)23)10-4-5-14(25-2)15(8-10)26-3/h4-9,16,20H,1-3H3,(H2,19,21)(H,22,23). The van der Waals surface area contributed by atoms with Gasteiger partial charge in [0.05, 0.1) is 21.3 Å². The van der Waals surface area contributed by atoms with E-state index in [1.807, 2.05) is 0 Å². The van der Waals surface area contributed by atoms with Crippen molar-refractivity contribution in [1.82, 2.24) is 0 Å². The van der Waals surface area contributed by atoms with Crippen LogP contribution in [0.4, 0.5) is 5.69 Å². The lowest BCUT2D eigenvalue weighted by Gasteiger charge is -2.19. The topological polar surface area (TPSA) is 120 Å². The van der Waals surface area contributed by atoms with Gasteiger partial charge in [0.2, 0.25) is 5.91 Å². The Hall–Kier alpha value is -3.42. The van der Waals surface area contributed by atoms with E-state index in [1.165, 1.54) is 33.5 Å². The Kier molecular flexibility index (Phi) is 5.90. The van der Waals surface area contributed by atoms with Crippen molar-refractivity contribution in [2.75, 3.05) is 26.6 Å². The van der Waals surface area contributed by atoms with Crippen molar-refractivity contribution in [1.29, 1.82) is 0 Å². The molecule has 1 unspecified atom stereocenters. The molecular weight excluding hydrogens is 340 g/mol. The molecule has 0 spiro atoms. The maximum absolute atomic E-state index is 11.8. The van der Waals surface area contributed by atoms with Crippen LogP contribution in [0.5, 0.6) is 17.2 Å². The number of rotatable bonds is 8. The average Bonchev–Trinajstić information content (AvgIpc) is 2.64. The number of carboxylic acids is 1. The minimum absolute atomic E-state index is 0.198. The molecule has 0 fully saturated rings. The van der Waals surface area contributed by atoms with E-state index in [-0.39, 0.29) is 5.56 Å². The third kappa shape index (κ3) is 4.15. The highest BCUT2D eigenvalue weighted by Crippen LogP contribution is 2.32. The molecule has 4 N–H and O–H groups in total. The van der Waals surface area contributed by atoms with E-state index in [0.29, 0.717) is 28.5 Å². The van der Waals surface area contributed by atoms with E-state index in [2.05, 4.69) is 5.32 Å². The van der Waals surface area contributed by atoms with Gasteiger partial charge in [-0.15, -0.1) is 0 Å². The van der Waals surface area contributed by atoms with Crippen LogP contribution in [0.2, 0.25) is 0 Å². The summed E-state index contributed by atoms with van der Waals surface area (Å²) >= 11 is 0. The minimum Gasteiger partial charge on any atom is -0.497 e. The van der Waals surface area contributed by atoms with Gasteiger partial charge in [-0.3, -0.25) is 4.79 Å². The van der Waals surface area contributed by atoms with Gasteiger partial charge in [-0.05, 0) is 29.8 Å². The molecule has 0 aromatic heterocycles. The summed E-state index contributed by atoms with van der Waals surface area (Å²) in [4.78, 5) is 23.2. The molecule has 0 saturated heterocycles. The molecule has 8 nitrogen and oxygen atoms in total. The lowest BCUT2D eigenvalue weighted by Crippen LogP contribution is -2.21. The Balaban J connectivity index is 2.42. The Bertz CT molecular complexity index is 821. The van der Waals surface area contributed by atoms with Crippen molar-refractivity contribution in [3.8, 4) is 17.2 Å². The molecule has 1 amide bonds. The number of methoxy groups -OCH3 is 3. The largest absolute Gasteiger partial charge is 0.497 e. The third-order valence-electron chi connectivity index (χ3n) is 3.73. The second kappa shape index (κ2) is 8.11. The smallest absolute Gasteiger partial charge is 0.330 e. The van der Waals surface area contributed by atoms with Gasteiger partial charge in [0.15, 0.2) is 17.5 Å². The summed E-state index contributed by atoms with van der Waals surface area (Å²) in [6, 6.07) is 8.21. The zero-order valence-corrected chi connectivity index (χ0v) is 14.6. The van der Waals surface area contributed by atoms with E-state index in [1.54, 1.807) is 24.3 Å². The van der Waals surface area contributed by atoms with Gasteiger partial charge in [0.25, 0.3) is 0 Å². The molecule has 0 aliphatic heterocycles. The fraction of sp³-hybridized carbons (Fsp3) is 0.222.